The molecule has 1 aliphatic carbocycles. The zero-order valence-corrected chi connectivity index (χ0v) is 29.3. The molecular weight excluding hydrogens is 685 g/mol. The number of imidazole rings is 1. The van der Waals surface area contributed by atoms with Gasteiger partial charge in [-0.3, -0.25) is 9.78 Å². The van der Waals surface area contributed by atoms with Crippen LogP contribution >= 0.6 is 11.3 Å². The smallest absolute Gasteiger partial charge is 0.409 e. The van der Waals surface area contributed by atoms with E-state index in [1.807, 2.05) is 61.5 Å². The molecule has 1 aliphatic heterocycles. The van der Waals surface area contributed by atoms with E-state index in [1.165, 1.54) is 15.3 Å². The molecule has 13 heteroatoms. The zero-order chi connectivity index (χ0) is 35.1. The third-order valence-electron chi connectivity index (χ3n) is 9.54. The maximum absolute atomic E-state index is 14.1. The van der Waals surface area contributed by atoms with E-state index in [-0.39, 0.29) is 36.4 Å². The second kappa shape index (κ2) is 13.4. The number of carbonyl (C=O) groups is 2. The molecule has 0 spiro atoms. The number of hydrogen-bond acceptors (Lipinski definition) is 8. The minimum atomic E-state index is -4.03. The number of hydrogen-bond donors (Lipinski definition) is 1. The van der Waals surface area contributed by atoms with Gasteiger partial charge in [-0.25, -0.2) is 18.2 Å². The number of sulfonamides is 1. The fourth-order valence-corrected chi connectivity index (χ4v) is 9.80. The molecule has 3 aromatic heterocycles. The van der Waals surface area contributed by atoms with E-state index in [2.05, 4.69) is 27.0 Å². The molecule has 2 aliphatic rings. The molecule has 1 saturated heterocycles. The highest BCUT2D eigenvalue weighted by atomic mass is 32.2. The molecule has 4 heterocycles. The Labute approximate surface area is 299 Å². The van der Waals surface area contributed by atoms with Crippen molar-refractivity contribution in [3.05, 3.63) is 120 Å². The highest BCUT2D eigenvalue weighted by Crippen LogP contribution is 2.44. The number of nitrogens with one attached hydrogen (secondary N) is 1. The topological polar surface area (TPSA) is 127 Å². The number of aromatic nitrogens is 3. The van der Waals surface area contributed by atoms with Crippen LogP contribution < -0.4 is 5.32 Å². The van der Waals surface area contributed by atoms with Gasteiger partial charge in [-0.1, -0.05) is 54.6 Å². The Balaban J connectivity index is 1.04. The van der Waals surface area contributed by atoms with E-state index in [1.54, 1.807) is 36.0 Å². The molecule has 1 fully saturated rings. The van der Waals surface area contributed by atoms with E-state index < -0.39 is 28.1 Å². The van der Waals surface area contributed by atoms with Crippen LogP contribution in [0.4, 0.5) is 10.5 Å². The summed E-state index contributed by atoms with van der Waals surface area (Å²) in [4.78, 5) is 38.2. The maximum Gasteiger partial charge on any atom is 0.409 e. The van der Waals surface area contributed by atoms with Crippen molar-refractivity contribution in [2.45, 2.75) is 29.6 Å². The van der Waals surface area contributed by atoms with Crippen molar-refractivity contribution >= 4 is 50.1 Å². The lowest BCUT2D eigenvalue weighted by molar-refractivity contribution is -0.121. The van der Waals surface area contributed by atoms with Crippen LogP contribution in [0.3, 0.4) is 0 Å². The average molecular weight is 719 g/mol. The van der Waals surface area contributed by atoms with Crippen molar-refractivity contribution in [1.82, 2.24) is 23.7 Å². The second-order valence-corrected chi connectivity index (χ2v) is 15.5. The number of rotatable bonds is 8. The number of piperazine rings is 1. The van der Waals surface area contributed by atoms with Crippen molar-refractivity contribution < 1.29 is 22.7 Å². The molecule has 258 valence electrons. The molecule has 1 N–H and O–H groups in total. The quantitative estimate of drug-likeness (QED) is 0.192. The molecule has 8 rings (SSSR count). The van der Waals surface area contributed by atoms with E-state index >= 15 is 0 Å². The molecule has 11 nitrogen and oxygen atoms in total. The summed E-state index contributed by atoms with van der Waals surface area (Å²) < 4.78 is 36.9. The van der Waals surface area contributed by atoms with Crippen molar-refractivity contribution in [2.75, 3.05) is 31.6 Å². The highest BCUT2D eigenvalue weighted by Gasteiger charge is 2.42. The van der Waals surface area contributed by atoms with Crippen molar-refractivity contribution in [1.29, 1.82) is 0 Å². The predicted octanol–water partition coefficient (Wildman–Crippen LogP) is 6.44. The lowest BCUT2D eigenvalue weighted by Crippen LogP contribution is -2.60. The molecule has 3 aromatic carbocycles. The summed E-state index contributed by atoms with van der Waals surface area (Å²) in [5.74, 6) is 0.0575. The molecule has 6 aromatic rings. The van der Waals surface area contributed by atoms with Crippen LogP contribution in [0.5, 0.6) is 0 Å². The van der Waals surface area contributed by atoms with Crippen LogP contribution in [0.15, 0.2) is 113 Å². The second-order valence-electron chi connectivity index (χ2n) is 12.4. The van der Waals surface area contributed by atoms with Gasteiger partial charge in [-0.15, -0.1) is 11.3 Å². The van der Waals surface area contributed by atoms with Crippen LogP contribution in [0.2, 0.25) is 0 Å². The summed E-state index contributed by atoms with van der Waals surface area (Å²) in [6.45, 7) is 2.65. The molecule has 0 radical (unpaired) electrons. The normalized spacial score (nSPS) is 16.2. The Morgan fingerprint density at radius 1 is 0.941 bits per heavy atom. The number of benzene rings is 3. The Morgan fingerprint density at radius 2 is 1.71 bits per heavy atom. The van der Waals surface area contributed by atoms with Crippen LogP contribution in [0, 0.1) is 0 Å². The Kier molecular flexibility index (Phi) is 8.62. The largest absolute Gasteiger partial charge is 0.448 e. The molecule has 0 unspecified atom stereocenters. The first-order chi connectivity index (χ1) is 24.8. The number of amides is 2. The first-order valence-electron chi connectivity index (χ1n) is 16.7. The van der Waals surface area contributed by atoms with E-state index in [9.17, 15) is 18.0 Å². The number of thiophene rings is 1. The number of aryl methyl sites for hydroxylation is 1. The number of fused-ring (bicyclic) bond motifs is 4. The lowest BCUT2D eigenvalue weighted by atomic mass is 9.98. The lowest BCUT2D eigenvalue weighted by Gasteiger charge is -2.38. The molecule has 0 saturated carbocycles. The van der Waals surface area contributed by atoms with E-state index in [0.717, 1.165) is 50.5 Å². The SMILES string of the molecule is CCn1c(-c2cccnc2)nc2cc(NC(=O)[C@@H]3CN(C(=O)OCC4c5ccccc5-c5ccccc54)CCN3S(=O)(=O)c3cccs3)ccc21. The Hall–Kier alpha value is -5.37. The first-order valence-corrected chi connectivity index (χ1v) is 19.0. The Morgan fingerprint density at radius 3 is 2.39 bits per heavy atom. The fourth-order valence-electron chi connectivity index (χ4n) is 7.11. The minimum absolute atomic E-state index is 0.0720. The summed E-state index contributed by atoms with van der Waals surface area (Å²) in [6.07, 6.45) is 2.86. The van der Waals surface area contributed by atoms with Crippen LogP contribution in [0.1, 0.15) is 24.0 Å². The standard InChI is InChI=1S/C38H34N6O5S2/c1-2-43-33-16-15-26(21-32(33)41-36(43)25-9-7-17-39-22-25)40-37(45)34-23-42(18-19-44(34)51(47,48)35-14-8-20-50-35)38(46)49-24-31-29-12-5-3-10-27(29)28-11-4-6-13-30(28)31/h3-17,20-22,31,34H,2,18-19,23-24H2,1H3,(H,40,45)/t34-/m0/s1. The summed E-state index contributed by atoms with van der Waals surface area (Å²) in [5, 5.41) is 4.59. The summed E-state index contributed by atoms with van der Waals surface area (Å²) in [7, 11) is -4.03. The third kappa shape index (κ3) is 5.96. The van der Waals surface area contributed by atoms with Gasteiger partial charge in [0, 0.05) is 55.7 Å². The maximum atomic E-state index is 14.1. The van der Waals surface area contributed by atoms with Crippen LogP contribution in [-0.2, 0) is 26.1 Å². The number of carbonyl (C=O) groups excluding carboxylic acids is 2. The van der Waals surface area contributed by atoms with Crippen molar-refractivity contribution in [2.24, 2.45) is 0 Å². The summed E-state index contributed by atoms with van der Waals surface area (Å²) >= 11 is 1.08. The number of pyridine rings is 1. The average Bonchev–Trinajstić information content (AvgIpc) is 3.91. The summed E-state index contributed by atoms with van der Waals surface area (Å²) in [5.41, 5.74) is 7.28. The van der Waals surface area contributed by atoms with Gasteiger partial charge >= 0.3 is 6.09 Å². The minimum Gasteiger partial charge on any atom is -0.448 e. The molecular formula is C38H34N6O5S2. The van der Waals surface area contributed by atoms with Gasteiger partial charge in [0.05, 0.1) is 11.0 Å². The number of nitrogens with zero attached hydrogens (tertiary/aromatic N) is 5. The summed E-state index contributed by atoms with van der Waals surface area (Å²) in [6, 6.07) is 27.4. The predicted molar refractivity (Wildman–Crippen MR) is 196 cm³/mol. The molecule has 0 bridgehead atoms. The van der Waals surface area contributed by atoms with Gasteiger partial charge in [0.15, 0.2) is 0 Å². The monoisotopic (exact) mass is 718 g/mol. The van der Waals surface area contributed by atoms with Gasteiger partial charge in [-0.2, -0.15) is 4.31 Å². The van der Waals surface area contributed by atoms with Crippen LogP contribution in [0.25, 0.3) is 33.5 Å². The van der Waals surface area contributed by atoms with Crippen molar-refractivity contribution in [3.63, 3.8) is 0 Å². The highest BCUT2D eigenvalue weighted by molar-refractivity contribution is 7.91. The number of anilines is 1. The molecule has 51 heavy (non-hydrogen) atoms. The van der Waals surface area contributed by atoms with Gasteiger partial charge in [0.1, 0.15) is 22.7 Å². The fraction of sp³-hybridized carbons (Fsp3) is 0.211. The van der Waals surface area contributed by atoms with E-state index in [0.29, 0.717) is 17.7 Å². The third-order valence-corrected chi connectivity index (χ3v) is 12.8. The molecule has 2 amide bonds. The zero-order valence-electron chi connectivity index (χ0n) is 27.7. The van der Waals surface area contributed by atoms with Gasteiger partial charge < -0.3 is 19.5 Å². The van der Waals surface area contributed by atoms with Gasteiger partial charge in [-0.05, 0) is 71.0 Å². The first kappa shape index (κ1) is 32.8. The van der Waals surface area contributed by atoms with Crippen LogP contribution in [-0.4, -0.2) is 76.4 Å². The van der Waals surface area contributed by atoms with E-state index in [4.69, 9.17) is 9.72 Å². The van der Waals surface area contributed by atoms with Gasteiger partial charge in [0.25, 0.3) is 10.0 Å². The van der Waals surface area contributed by atoms with Crippen molar-refractivity contribution in [3.8, 4) is 22.5 Å². The Bertz CT molecular complexity index is 2320. The number of ether oxygens (including phenoxy) is 1. The van der Waals surface area contributed by atoms with Gasteiger partial charge in [0.2, 0.25) is 5.91 Å². The molecule has 1 atom stereocenters.